The lowest BCUT2D eigenvalue weighted by atomic mass is 10.0. The summed E-state index contributed by atoms with van der Waals surface area (Å²) in [5.74, 6) is 1.58. The number of carbonyl (C=O) groups is 1. The molecule has 1 fully saturated rings. The summed E-state index contributed by atoms with van der Waals surface area (Å²) in [5.41, 5.74) is 6.92. The number of pyridine rings is 2. The van der Waals surface area contributed by atoms with Crippen LogP contribution in [0.25, 0.3) is 27.3 Å². The molecular weight excluding hydrogens is 570 g/mol. The topological polar surface area (TPSA) is 102 Å². The Kier molecular flexibility index (Phi) is 7.84. The highest BCUT2D eigenvalue weighted by molar-refractivity contribution is 5.89. The average Bonchev–Trinajstić information content (AvgIpc) is 3.39. The van der Waals surface area contributed by atoms with E-state index in [0.717, 1.165) is 65.4 Å². The van der Waals surface area contributed by atoms with Crippen molar-refractivity contribution in [1.29, 1.82) is 0 Å². The molecule has 0 saturated carbocycles. The summed E-state index contributed by atoms with van der Waals surface area (Å²) in [4.78, 5) is 30.2. The second-order valence-electron chi connectivity index (χ2n) is 11.1. The highest BCUT2D eigenvalue weighted by Gasteiger charge is 2.24. The standard InChI is InChI=1S/C35H31N5O5/c1-36-26-11-10-25-21-45-33-7-3-6-28(38-33)23-8-9-24(31(18-23)44-15-4-5-22(25)17-26)19-32-37-29-12-13-30(35(41)42-2)39-34(29)40(32)20-27-14-16-43-27/h3,6-13,17-18,27H,4-5,14-16,19-21H2,2H3/t27-/m0/s1. The van der Waals surface area contributed by atoms with Gasteiger partial charge in [0, 0.05) is 30.2 Å². The third-order valence-corrected chi connectivity index (χ3v) is 8.22. The number of benzene rings is 2. The van der Waals surface area contributed by atoms with Gasteiger partial charge in [-0.05, 0) is 49.1 Å². The largest absolute Gasteiger partial charge is 0.493 e. The molecule has 0 aliphatic carbocycles. The highest BCUT2D eigenvalue weighted by atomic mass is 16.5. The predicted molar refractivity (Wildman–Crippen MR) is 167 cm³/mol. The minimum Gasteiger partial charge on any atom is -0.493 e. The van der Waals surface area contributed by atoms with E-state index in [1.54, 1.807) is 12.1 Å². The van der Waals surface area contributed by atoms with Crippen molar-refractivity contribution in [3.8, 4) is 22.9 Å². The third-order valence-electron chi connectivity index (χ3n) is 8.22. The molecule has 1 atom stereocenters. The van der Waals surface area contributed by atoms with Crippen LogP contribution >= 0.6 is 0 Å². The Bertz CT molecular complexity index is 1940. The Morgan fingerprint density at radius 1 is 1.02 bits per heavy atom. The van der Waals surface area contributed by atoms with E-state index in [-0.39, 0.29) is 11.8 Å². The quantitative estimate of drug-likeness (QED) is 0.176. The molecule has 226 valence electrons. The number of imidazole rings is 1. The SMILES string of the molecule is [C-]#[N+]c1ccc2c(c1)CCCOc1cc(ccc1Cc1nc3ccc(C(=O)OC)nc3n1C[C@@H]1CCO1)-c1cccc(n1)OC2. The molecule has 5 heterocycles. The number of methoxy groups -OCH3 is 1. The minimum absolute atomic E-state index is 0.0632. The van der Waals surface area contributed by atoms with Gasteiger partial charge in [-0.1, -0.05) is 42.0 Å². The van der Waals surface area contributed by atoms with Crippen LogP contribution in [0, 0.1) is 6.57 Å². The number of fused-ring (bicyclic) bond motifs is 7. The number of esters is 1. The number of rotatable bonds is 5. The zero-order valence-corrected chi connectivity index (χ0v) is 24.9. The number of nitrogens with zero attached hydrogens (tertiary/aromatic N) is 5. The van der Waals surface area contributed by atoms with E-state index in [0.29, 0.717) is 48.9 Å². The van der Waals surface area contributed by atoms with Crippen molar-refractivity contribution in [3.05, 3.63) is 106 Å². The summed E-state index contributed by atoms with van der Waals surface area (Å²) in [6, 6.07) is 21.0. The molecule has 2 aliphatic heterocycles. The number of hydrogen-bond donors (Lipinski definition) is 0. The lowest BCUT2D eigenvalue weighted by molar-refractivity contribution is -0.0590. The van der Waals surface area contributed by atoms with Crippen molar-refractivity contribution in [3.63, 3.8) is 0 Å². The first-order chi connectivity index (χ1) is 22.1. The number of carbonyl (C=O) groups excluding carboxylic acids is 1. The summed E-state index contributed by atoms with van der Waals surface area (Å²) >= 11 is 0. The number of ether oxygens (including phenoxy) is 4. The van der Waals surface area contributed by atoms with Crippen molar-refractivity contribution in [2.45, 2.75) is 44.9 Å². The molecule has 0 unspecified atom stereocenters. The zero-order valence-electron chi connectivity index (χ0n) is 24.9. The van der Waals surface area contributed by atoms with Crippen LogP contribution in [0.1, 0.15) is 45.8 Å². The third kappa shape index (κ3) is 5.95. The van der Waals surface area contributed by atoms with Crippen LogP contribution in [0.4, 0.5) is 5.69 Å². The van der Waals surface area contributed by atoms with Gasteiger partial charge in [-0.15, -0.1) is 0 Å². The maximum atomic E-state index is 12.3. The Balaban J connectivity index is 1.25. The Morgan fingerprint density at radius 2 is 1.93 bits per heavy atom. The number of aromatic nitrogens is 4. The average molecular weight is 602 g/mol. The summed E-state index contributed by atoms with van der Waals surface area (Å²) in [6.45, 7) is 9.63. The normalized spacial score (nSPS) is 15.9. The fraction of sp³-hybridized carbons (Fsp3) is 0.286. The van der Waals surface area contributed by atoms with E-state index < -0.39 is 5.97 Å². The van der Waals surface area contributed by atoms with Crippen LogP contribution in [-0.2, 0) is 35.5 Å². The van der Waals surface area contributed by atoms with E-state index in [2.05, 4.69) is 15.9 Å². The fourth-order valence-electron chi connectivity index (χ4n) is 5.70. The zero-order chi connectivity index (χ0) is 30.8. The van der Waals surface area contributed by atoms with Gasteiger partial charge in [0.25, 0.3) is 0 Å². The van der Waals surface area contributed by atoms with Gasteiger partial charge in [0.2, 0.25) is 5.88 Å². The van der Waals surface area contributed by atoms with E-state index >= 15 is 0 Å². The summed E-state index contributed by atoms with van der Waals surface area (Å²) in [7, 11) is 1.35. The summed E-state index contributed by atoms with van der Waals surface area (Å²) < 4.78 is 25.3. The summed E-state index contributed by atoms with van der Waals surface area (Å²) in [6.07, 6.45) is 3.01. The monoisotopic (exact) mass is 601 g/mol. The van der Waals surface area contributed by atoms with Gasteiger partial charge in [-0.2, -0.15) is 0 Å². The van der Waals surface area contributed by atoms with Gasteiger partial charge in [-0.3, -0.25) is 0 Å². The molecule has 5 aromatic rings. The number of hydrogen-bond acceptors (Lipinski definition) is 8. The maximum Gasteiger partial charge on any atom is 0.356 e. The van der Waals surface area contributed by atoms with E-state index in [1.807, 2.05) is 53.1 Å². The Hall–Kier alpha value is -5.27. The van der Waals surface area contributed by atoms with E-state index in [4.69, 9.17) is 35.5 Å². The van der Waals surface area contributed by atoms with Crippen molar-refractivity contribution >= 4 is 22.8 Å². The van der Waals surface area contributed by atoms with Crippen LogP contribution in [0.2, 0.25) is 0 Å². The lowest BCUT2D eigenvalue weighted by Crippen LogP contribution is -2.32. The van der Waals surface area contributed by atoms with Crippen molar-refractivity contribution in [2.24, 2.45) is 0 Å². The molecule has 0 spiro atoms. The first-order valence-electron chi connectivity index (χ1n) is 15.0. The predicted octanol–water partition coefficient (Wildman–Crippen LogP) is 6.11. The molecule has 45 heavy (non-hydrogen) atoms. The summed E-state index contributed by atoms with van der Waals surface area (Å²) in [5, 5.41) is 0. The van der Waals surface area contributed by atoms with Gasteiger partial charge in [0.05, 0.1) is 38.6 Å². The molecular formula is C35H31N5O5. The smallest absolute Gasteiger partial charge is 0.356 e. The highest BCUT2D eigenvalue weighted by Crippen LogP contribution is 2.31. The second kappa shape index (κ2) is 12.4. The van der Waals surface area contributed by atoms with E-state index in [9.17, 15) is 4.79 Å². The van der Waals surface area contributed by atoms with Gasteiger partial charge >= 0.3 is 5.97 Å². The van der Waals surface area contributed by atoms with E-state index in [1.165, 1.54) is 7.11 Å². The molecule has 0 radical (unpaired) electrons. The molecule has 10 heteroatoms. The van der Waals surface area contributed by atoms with Crippen molar-refractivity contribution in [1.82, 2.24) is 19.5 Å². The maximum absolute atomic E-state index is 12.3. The van der Waals surface area contributed by atoms with Crippen LogP contribution < -0.4 is 9.47 Å². The second-order valence-corrected chi connectivity index (χ2v) is 11.1. The van der Waals surface area contributed by atoms with Crippen molar-refractivity contribution < 1.29 is 23.7 Å². The molecule has 2 aliphatic rings. The molecule has 0 N–H and O–H groups in total. The molecule has 4 bridgehead atoms. The first-order valence-corrected chi connectivity index (χ1v) is 15.0. The first kappa shape index (κ1) is 28.5. The van der Waals surface area contributed by atoms with Crippen LogP contribution in [-0.4, -0.2) is 51.9 Å². The van der Waals surface area contributed by atoms with Crippen LogP contribution in [0.15, 0.2) is 66.7 Å². The number of aryl methyl sites for hydroxylation is 1. The molecule has 2 aromatic carbocycles. The molecule has 3 aromatic heterocycles. The Labute approximate surface area is 260 Å². The molecule has 0 amide bonds. The van der Waals surface area contributed by atoms with Gasteiger partial charge in [-0.25, -0.2) is 24.6 Å². The molecule has 7 rings (SSSR count). The van der Waals surface area contributed by atoms with Crippen molar-refractivity contribution in [2.75, 3.05) is 20.3 Å². The molecule has 1 saturated heterocycles. The molecule has 10 nitrogen and oxygen atoms in total. The van der Waals surface area contributed by atoms with Gasteiger partial charge in [0.15, 0.2) is 17.0 Å². The lowest BCUT2D eigenvalue weighted by Gasteiger charge is -2.27. The van der Waals surface area contributed by atoms with Gasteiger partial charge < -0.3 is 23.5 Å². The Morgan fingerprint density at radius 3 is 2.76 bits per heavy atom. The van der Waals surface area contributed by atoms with Crippen LogP contribution in [0.3, 0.4) is 0 Å². The van der Waals surface area contributed by atoms with Gasteiger partial charge in [0.1, 0.15) is 23.7 Å². The fourth-order valence-corrected chi connectivity index (χ4v) is 5.70. The minimum atomic E-state index is -0.493. The van der Waals surface area contributed by atoms with Crippen LogP contribution in [0.5, 0.6) is 11.6 Å².